The molecule has 0 atom stereocenters. The Bertz CT molecular complexity index is 1040. The third kappa shape index (κ3) is 6.35. The van der Waals surface area contributed by atoms with Crippen molar-refractivity contribution in [2.75, 3.05) is 26.2 Å². The van der Waals surface area contributed by atoms with Crippen LogP contribution in [0.2, 0.25) is 0 Å². The molecule has 0 radical (unpaired) electrons. The lowest BCUT2D eigenvalue weighted by Crippen LogP contribution is -2.36. The first-order valence-electron chi connectivity index (χ1n) is 12.3. The number of hydrogen-bond acceptors (Lipinski definition) is 3. The van der Waals surface area contributed by atoms with Gasteiger partial charge in [0.2, 0.25) is 0 Å². The molecule has 0 saturated carbocycles. The van der Waals surface area contributed by atoms with E-state index in [1.54, 1.807) is 0 Å². The lowest BCUT2D eigenvalue weighted by molar-refractivity contribution is 0.0690. The number of carbonyl (C=O) groups excluding carboxylic acids is 1. The summed E-state index contributed by atoms with van der Waals surface area (Å²) in [4.78, 5) is 17.8. The number of rotatable bonds is 9. The van der Waals surface area contributed by atoms with Crippen molar-refractivity contribution in [3.8, 4) is 5.75 Å². The van der Waals surface area contributed by atoms with Crippen molar-refractivity contribution in [3.05, 3.63) is 77.9 Å². The summed E-state index contributed by atoms with van der Waals surface area (Å²) in [5, 5.41) is 2.16. The summed E-state index contributed by atoms with van der Waals surface area (Å²) < 4.78 is 6.02. The van der Waals surface area contributed by atoms with Gasteiger partial charge in [-0.1, -0.05) is 48.9 Å². The van der Waals surface area contributed by atoms with Crippen LogP contribution in [0.25, 0.3) is 10.8 Å². The average Bonchev–Trinajstić information content (AvgIpc) is 2.85. The van der Waals surface area contributed by atoms with Crippen LogP contribution in [0.5, 0.6) is 5.75 Å². The Hall–Kier alpha value is -2.85. The van der Waals surface area contributed by atoms with E-state index in [-0.39, 0.29) is 11.9 Å². The van der Waals surface area contributed by atoms with Crippen LogP contribution >= 0.6 is 0 Å². The van der Waals surface area contributed by atoms with Gasteiger partial charge in [0.15, 0.2) is 0 Å². The van der Waals surface area contributed by atoms with E-state index in [2.05, 4.69) is 43.0 Å². The molecule has 0 aromatic heterocycles. The van der Waals surface area contributed by atoms with Gasteiger partial charge in [-0.3, -0.25) is 4.79 Å². The molecule has 1 fully saturated rings. The molecule has 174 valence electrons. The SMILES string of the molecule is CC(C)N(Cc1ccccc1)C(=O)c1ccc2cc(OCCCN3CCCCC3)ccc2c1. The van der Waals surface area contributed by atoms with Crippen LogP contribution in [-0.4, -0.2) is 48.0 Å². The summed E-state index contributed by atoms with van der Waals surface area (Å²) in [6.45, 7) is 9.07. The highest BCUT2D eigenvalue weighted by Crippen LogP contribution is 2.24. The van der Waals surface area contributed by atoms with E-state index >= 15 is 0 Å². The summed E-state index contributed by atoms with van der Waals surface area (Å²) >= 11 is 0. The molecular formula is C29H36N2O2. The van der Waals surface area contributed by atoms with E-state index in [0.717, 1.165) is 47.2 Å². The molecule has 3 aromatic rings. The van der Waals surface area contributed by atoms with Gasteiger partial charge >= 0.3 is 0 Å². The number of amides is 1. The van der Waals surface area contributed by atoms with Crippen LogP contribution in [-0.2, 0) is 6.54 Å². The molecule has 1 aliphatic rings. The fourth-order valence-electron chi connectivity index (χ4n) is 4.54. The van der Waals surface area contributed by atoms with Gasteiger partial charge in [-0.15, -0.1) is 0 Å². The number of carbonyl (C=O) groups is 1. The maximum atomic E-state index is 13.3. The minimum absolute atomic E-state index is 0.0637. The topological polar surface area (TPSA) is 32.8 Å². The first-order chi connectivity index (χ1) is 16.1. The monoisotopic (exact) mass is 444 g/mol. The second kappa shape index (κ2) is 11.3. The third-order valence-corrected chi connectivity index (χ3v) is 6.47. The molecule has 1 amide bonds. The molecule has 0 N–H and O–H groups in total. The van der Waals surface area contributed by atoms with Crippen molar-refractivity contribution >= 4 is 16.7 Å². The molecule has 4 nitrogen and oxygen atoms in total. The van der Waals surface area contributed by atoms with Crippen molar-refractivity contribution in [1.82, 2.24) is 9.80 Å². The fraction of sp³-hybridized carbons (Fsp3) is 0.414. The average molecular weight is 445 g/mol. The van der Waals surface area contributed by atoms with Gasteiger partial charge in [0.05, 0.1) is 6.61 Å². The Labute approximate surface area is 198 Å². The fourth-order valence-corrected chi connectivity index (χ4v) is 4.54. The number of fused-ring (bicyclic) bond motifs is 1. The molecule has 0 aliphatic carbocycles. The predicted octanol–water partition coefficient (Wildman–Crippen LogP) is 6.15. The van der Waals surface area contributed by atoms with Crippen LogP contribution in [0.3, 0.4) is 0 Å². The van der Waals surface area contributed by atoms with Gasteiger partial charge in [0.25, 0.3) is 5.91 Å². The van der Waals surface area contributed by atoms with Crippen molar-refractivity contribution in [2.24, 2.45) is 0 Å². The first kappa shape index (κ1) is 23.3. The van der Waals surface area contributed by atoms with Crippen molar-refractivity contribution in [3.63, 3.8) is 0 Å². The van der Waals surface area contributed by atoms with Crippen molar-refractivity contribution in [1.29, 1.82) is 0 Å². The van der Waals surface area contributed by atoms with Gasteiger partial charge in [0, 0.05) is 24.7 Å². The number of hydrogen-bond donors (Lipinski definition) is 0. The van der Waals surface area contributed by atoms with E-state index in [9.17, 15) is 4.79 Å². The van der Waals surface area contributed by atoms with E-state index in [1.807, 2.05) is 47.4 Å². The summed E-state index contributed by atoms with van der Waals surface area (Å²) in [5.41, 5.74) is 1.87. The molecular weight excluding hydrogens is 408 g/mol. The normalized spacial score (nSPS) is 14.5. The number of ether oxygens (including phenoxy) is 1. The summed E-state index contributed by atoms with van der Waals surface area (Å²) in [6.07, 6.45) is 5.09. The third-order valence-electron chi connectivity index (χ3n) is 6.47. The molecule has 4 heteroatoms. The molecule has 3 aromatic carbocycles. The van der Waals surface area contributed by atoms with Gasteiger partial charge in [-0.05, 0) is 86.8 Å². The smallest absolute Gasteiger partial charge is 0.254 e. The van der Waals surface area contributed by atoms with Gasteiger partial charge in [-0.2, -0.15) is 0 Å². The Kier molecular flexibility index (Phi) is 8.01. The number of nitrogens with zero attached hydrogens (tertiary/aromatic N) is 2. The first-order valence-corrected chi connectivity index (χ1v) is 12.3. The van der Waals surface area contributed by atoms with Crippen LogP contribution in [0.1, 0.15) is 55.5 Å². The highest BCUT2D eigenvalue weighted by molar-refractivity contribution is 5.99. The molecule has 33 heavy (non-hydrogen) atoms. The van der Waals surface area contributed by atoms with Gasteiger partial charge < -0.3 is 14.5 Å². The van der Waals surface area contributed by atoms with E-state index in [0.29, 0.717) is 6.54 Å². The largest absolute Gasteiger partial charge is 0.494 e. The summed E-state index contributed by atoms with van der Waals surface area (Å²) in [7, 11) is 0. The van der Waals surface area contributed by atoms with Crippen LogP contribution < -0.4 is 4.74 Å². The molecule has 4 rings (SSSR count). The Morgan fingerprint density at radius 2 is 1.67 bits per heavy atom. The lowest BCUT2D eigenvalue weighted by Gasteiger charge is -2.27. The maximum Gasteiger partial charge on any atom is 0.254 e. The second-order valence-electron chi connectivity index (χ2n) is 9.34. The zero-order valence-corrected chi connectivity index (χ0v) is 20.0. The number of benzene rings is 3. The Balaban J connectivity index is 1.38. The molecule has 1 heterocycles. The maximum absolute atomic E-state index is 13.3. The zero-order valence-electron chi connectivity index (χ0n) is 20.0. The molecule has 0 spiro atoms. The molecule has 0 unspecified atom stereocenters. The summed E-state index contributed by atoms with van der Waals surface area (Å²) in [5.74, 6) is 0.960. The van der Waals surface area contributed by atoms with Crippen LogP contribution in [0, 0.1) is 0 Å². The van der Waals surface area contributed by atoms with Crippen molar-refractivity contribution < 1.29 is 9.53 Å². The standard InChI is InChI=1S/C29H36N2O2/c1-23(2)31(22-24-10-5-3-6-11-24)29(32)27-13-12-26-21-28(15-14-25(26)20-27)33-19-9-18-30-16-7-4-8-17-30/h3,5-6,10-15,20-21,23H,4,7-9,16-19,22H2,1-2H3. The Morgan fingerprint density at radius 1 is 0.939 bits per heavy atom. The number of piperidine rings is 1. The van der Waals surface area contributed by atoms with Crippen molar-refractivity contribution in [2.45, 2.75) is 52.1 Å². The summed E-state index contributed by atoms with van der Waals surface area (Å²) in [6, 6.07) is 22.4. The minimum atomic E-state index is 0.0637. The quantitative estimate of drug-likeness (QED) is 0.371. The highest BCUT2D eigenvalue weighted by atomic mass is 16.5. The van der Waals surface area contributed by atoms with Crippen LogP contribution in [0.15, 0.2) is 66.7 Å². The molecule has 0 bridgehead atoms. The highest BCUT2D eigenvalue weighted by Gasteiger charge is 2.19. The Morgan fingerprint density at radius 3 is 2.42 bits per heavy atom. The van der Waals surface area contributed by atoms with E-state index < -0.39 is 0 Å². The van der Waals surface area contributed by atoms with E-state index in [1.165, 1.54) is 32.4 Å². The molecule has 1 aliphatic heterocycles. The van der Waals surface area contributed by atoms with Crippen LogP contribution in [0.4, 0.5) is 0 Å². The second-order valence-corrected chi connectivity index (χ2v) is 9.34. The van der Waals surface area contributed by atoms with Gasteiger partial charge in [0.1, 0.15) is 5.75 Å². The lowest BCUT2D eigenvalue weighted by atomic mass is 10.0. The zero-order chi connectivity index (χ0) is 23.0. The minimum Gasteiger partial charge on any atom is -0.494 e. The molecule has 1 saturated heterocycles. The van der Waals surface area contributed by atoms with E-state index in [4.69, 9.17) is 4.74 Å². The van der Waals surface area contributed by atoms with Gasteiger partial charge in [-0.25, -0.2) is 0 Å². The number of likely N-dealkylation sites (tertiary alicyclic amines) is 1. The predicted molar refractivity (Wildman–Crippen MR) is 136 cm³/mol.